The highest BCUT2D eigenvalue weighted by molar-refractivity contribution is 6.17. The number of amides is 2. The molecular formula is C23H18FN5O3. The summed E-state index contributed by atoms with van der Waals surface area (Å²) in [5.41, 5.74) is 5.63. The number of anilines is 2. The van der Waals surface area contributed by atoms with Crippen LogP contribution < -0.4 is 15.4 Å². The molecule has 2 aromatic carbocycles. The number of fused-ring (bicyclic) bond motifs is 1. The third-order valence-electron chi connectivity index (χ3n) is 5.60. The minimum atomic E-state index is -1.57. The molecule has 1 aliphatic carbocycles. The molecule has 0 bridgehead atoms. The van der Waals surface area contributed by atoms with Crippen molar-refractivity contribution < 1.29 is 18.7 Å². The van der Waals surface area contributed by atoms with E-state index in [1.165, 1.54) is 29.2 Å². The first-order chi connectivity index (χ1) is 15.5. The lowest BCUT2D eigenvalue weighted by atomic mass is 10.0. The van der Waals surface area contributed by atoms with Crippen LogP contribution in [0.4, 0.5) is 15.8 Å². The molecule has 9 heteroatoms. The number of benzene rings is 2. The van der Waals surface area contributed by atoms with Crippen molar-refractivity contribution in [3.8, 4) is 5.75 Å². The highest BCUT2D eigenvalue weighted by Crippen LogP contribution is 2.52. The summed E-state index contributed by atoms with van der Waals surface area (Å²) in [7, 11) is 0. The van der Waals surface area contributed by atoms with Crippen LogP contribution in [0.2, 0.25) is 0 Å². The Morgan fingerprint density at radius 3 is 2.53 bits per heavy atom. The summed E-state index contributed by atoms with van der Waals surface area (Å²) in [6, 6.07) is 15.9. The number of ether oxygens (including phenoxy) is 1. The number of halogens is 1. The number of primary amides is 1. The fourth-order valence-corrected chi connectivity index (χ4v) is 3.80. The molecule has 2 heterocycles. The number of nitrogens with one attached hydrogen (secondary N) is 1. The molecule has 3 N–H and O–H groups in total. The molecule has 1 saturated carbocycles. The largest absolute Gasteiger partial charge is 0.488 e. The third-order valence-corrected chi connectivity index (χ3v) is 5.60. The Morgan fingerprint density at radius 1 is 1.09 bits per heavy atom. The minimum Gasteiger partial charge on any atom is -0.488 e. The molecule has 8 nitrogen and oxygen atoms in total. The van der Waals surface area contributed by atoms with Gasteiger partial charge in [-0.15, -0.1) is 0 Å². The quantitative estimate of drug-likeness (QED) is 0.456. The summed E-state index contributed by atoms with van der Waals surface area (Å²) in [6.07, 6.45) is 2.45. The molecule has 0 saturated heterocycles. The fraction of sp³-hybridized carbons (Fsp3) is 0.130. The topological polar surface area (TPSA) is 114 Å². The molecule has 2 atom stereocenters. The van der Waals surface area contributed by atoms with Crippen molar-refractivity contribution >= 4 is 34.2 Å². The van der Waals surface area contributed by atoms with E-state index in [1.807, 2.05) is 6.07 Å². The maximum Gasteiger partial charge on any atom is 0.251 e. The SMILES string of the molecule is NC(=O)C1(C(=O)N(c2ccccc2)c2ccc(F)cc2)CC1Oc1ccnc2[nH]ncc12. The Bertz CT molecular complexity index is 1310. The van der Waals surface area contributed by atoms with E-state index >= 15 is 0 Å². The normalized spacial score (nSPS) is 19.5. The van der Waals surface area contributed by atoms with E-state index in [4.69, 9.17) is 10.5 Å². The van der Waals surface area contributed by atoms with Crippen LogP contribution in [0.3, 0.4) is 0 Å². The molecule has 1 fully saturated rings. The smallest absolute Gasteiger partial charge is 0.251 e. The summed E-state index contributed by atoms with van der Waals surface area (Å²) in [5.74, 6) is -1.32. The number of carbonyl (C=O) groups excluding carboxylic acids is 2. The fourth-order valence-electron chi connectivity index (χ4n) is 3.80. The van der Waals surface area contributed by atoms with Crippen molar-refractivity contribution in [2.24, 2.45) is 11.1 Å². The van der Waals surface area contributed by atoms with Crippen LogP contribution >= 0.6 is 0 Å². The molecule has 0 spiro atoms. The first-order valence-corrected chi connectivity index (χ1v) is 9.90. The lowest BCUT2D eigenvalue weighted by molar-refractivity contribution is -0.134. The highest BCUT2D eigenvalue weighted by atomic mass is 19.1. The number of hydrogen-bond donors (Lipinski definition) is 2. The zero-order valence-electron chi connectivity index (χ0n) is 16.7. The lowest BCUT2D eigenvalue weighted by Gasteiger charge is -2.27. The molecule has 4 aromatic rings. The van der Waals surface area contributed by atoms with Crippen LogP contribution in [-0.4, -0.2) is 33.1 Å². The van der Waals surface area contributed by atoms with Gasteiger partial charge in [-0.25, -0.2) is 9.37 Å². The van der Waals surface area contributed by atoms with E-state index in [0.29, 0.717) is 28.2 Å². The van der Waals surface area contributed by atoms with E-state index in [-0.39, 0.29) is 6.42 Å². The Morgan fingerprint density at radius 2 is 1.81 bits per heavy atom. The van der Waals surface area contributed by atoms with Gasteiger partial charge in [0.05, 0.1) is 11.6 Å². The number of aromatic nitrogens is 3. The number of aromatic amines is 1. The number of nitrogens with zero attached hydrogens (tertiary/aromatic N) is 3. The number of hydrogen-bond acceptors (Lipinski definition) is 5. The van der Waals surface area contributed by atoms with Crippen LogP contribution in [-0.2, 0) is 9.59 Å². The predicted molar refractivity (Wildman–Crippen MR) is 115 cm³/mol. The van der Waals surface area contributed by atoms with Gasteiger partial charge in [-0.1, -0.05) is 18.2 Å². The third kappa shape index (κ3) is 3.15. The van der Waals surface area contributed by atoms with Crippen molar-refractivity contribution in [1.29, 1.82) is 0 Å². The van der Waals surface area contributed by atoms with Gasteiger partial charge >= 0.3 is 0 Å². The molecule has 0 aliphatic heterocycles. The summed E-state index contributed by atoms with van der Waals surface area (Å²) < 4.78 is 19.6. The molecule has 2 amide bonds. The maximum absolute atomic E-state index is 13.8. The molecule has 0 radical (unpaired) electrons. The molecular weight excluding hydrogens is 413 g/mol. The zero-order chi connectivity index (χ0) is 22.3. The van der Waals surface area contributed by atoms with Crippen molar-refractivity contribution in [1.82, 2.24) is 15.2 Å². The molecule has 1 aliphatic rings. The summed E-state index contributed by atoms with van der Waals surface area (Å²) in [4.78, 5) is 31.9. The van der Waals surface area contributed by atoms with Gasteiger partial charge in [-0.2, -0.15) is 5.10 Å². The van der Waals surface area contributed by atoms with Crippen LogP contribution in [0.25, 0.3) is 11.0 Å². The summed E-state index contributed by atoms with van der Waals surface area (Å²) in [6.45, 7) is 0. The zero-order valence-corrected chi connectivity index (χ0v) is 16.7. The van der Waals surface area contributed by atoms with E-state index in [2.05, 4.69) is 15.2 Å². The van der Waals surface area contributed by atoms with Crippen molar-refractivity contribution in [2.75, 3.05) is 4.90 Å². The average Bonchev–Trinajstić information content (AvgIpc) is 3.32. The van der Waals surface area contributed by atoms with Crippen LogP contribution in [0.15, 0.2) is 73.1 Å². The summed E-state index contributed by atoms with van der Waals surface area (Å²) >= 11 is 0. The van der Waals surface area contributed by atoms with Gasteiger partial charge in [-0.3, -0.25) is 19.6 Å². The first-order valence-electron chi connectivity index (χ1n) is 9.90. The van der Waals surface area contributed by atoms with Crippen molar-refractivity contribution in [2.45, 2.75) is 12.5 Å². The van der Waals surface area contributed by atoms with Crippen LogP contribution in [0.1, 0.15) is 6.42 Å². The predicted octanol–water partition coefficient (Wildman–Crippen LogP) is 3.08. The van der Waals surface area contributed by atoms with Gasteiger partial charge in [0.25, 0.3) is 5.91 Å². The molecule has 32 heavy (non-hydrogen) atoms. The summed E-state index contributed by atoms with van der Waals surface area (Å²) in [5, 5.41) is 7.32. The number of pyridine rings is 1. The van der Waals surface area contributed by atoms with Gasteiger partial charge in [0, 0.05) is 24.0 Å². The van der Waals surface area contributed by atoms with E-state index < -0.39 is 29.2 Å². The lowest BCUT2D eigenvalue weighted by Crippen LogP contribution is -2.44. The second-order valence-electron chi connectivity index (χ2n) is 7.54. The first kappa shape index (κ1) is 19.7. The average molecular weight is 431 g/mol. The second kappa shape index (κ2) is 7.45. The number of H-pyrrole nitrogens is 1. The minimum absolute atomic E-state index is 0.118. The van der Waals surface area contributed by atoms with Crippen LogP contribution in [0, 0.1) is 11.2 Å². The van der Waals surface area contributed by atoms with Gasteiger partial charge < -0.3 is 10.5 Å². The Balaban J connectivity index is 1.52. The number of rotatable bonds is 6. The Hall–Kier alpha value is -4.27. The molecule has 160 valence electrons. The van der Waals surface area contributed by atoms with Crippen molar-refractivity contribution in [3.63, 3.8) is 0 Å². The Kier molecular flexibility index (Phi) is 4.58. The van der Waals surface area contributed by atoms with E-state index in [0.717, 1.165) is 0 Å². The maximum atomic E-state index is 13.8. The Labute approximate surface area is 181 Å². The number of carbonyl (C=O) groups is 2. The van der Waals surface area contributed by atoms with Gasteiger partial charge in [0.1, 0.15) is 17.7 Å². The van der Waals surface area contributed by atoms with Gasteiger partial charge in [0.15, 0.2) is 11.1 Å². The highest BCUT2D eigenvalue weighted by Gasteiger charge is 2.68. The number of nitrogens with two attached hydrogens (primary N) is 1. The van der Waals surface area contributed by atoms with Gasteiger partial charge in [-0.05, 0) is 42.5 Å². The monoisotopic (exact) mass is 431 g/mol. The standard InChI is InChI=1S/C23H18FN5O3/c24-14-6-8-16(9-7-14)29(15-4-2-1-3-5-15)22(31)23(21(25)30)12-19(23)32-18-10-11-26-20-17(18)13-27-28-20/h1-11,13,19H,12H2,(H2,25,30)(H,26,27,28). The van der Waals surface area contributed by atoms with Gasteiger partial charge in [0.2, 0.25) is 5.91 Å². The molecule has 2 unspecified atom stereocenters. The number of para-hydroxylation sites is 1. The van der Waals surface area contributed by atoms with E-state index in [1.54, 1.807) is 42.7 Å². The molecule has 5 rings (SSSR count). The van der Waals surface area contributed by atoms with Crippen molar-refractivity contribution in [3.05, 3.63) is 78.9 Å². The second-order valence-corrected chi connectivity index (χ2v) is 7.54. The van der Waals surface area contributed by atoms with Crippen LogP contribution in [0.5, 0.6) is 5.75 Å². The van der Waals surface area contributed by atoms with E-state index in [9.17, 15) is 14.0 Å². The molecule has 2 aromatic heterocycles.